The van der Waals surface area contributed by atoms with Crippen molar-refractivity contribution in [1.82, 2.24) is 0 Å². The summed E-state index contributed by atoms with van der Waals surface area (Å²) in [4.78, 5) is 13.8. The number of likely N-dealkylation sites (N-methyl/N-ethyl adjacent to an activating group) is 1. The second-order valence-corrected chi connectivity index (χ2v) is 4.84. The Hall–Kier alpha value is -2.43. The number of hydrogen-bond donors (Lipinski definition) is 0. The van der Waals surface area contributed by atoms with Crippen molar-refractivity contribution in [2.75, 3.05) is 18.1 Å². The fourth-order valence-electron chi connectivity index (χ4n) is 2.11. The maximum atomic E-state index is 13.5. The van der Waals surface area contributed by atoms with E-state index in [1.807, 2.05) is 38.1 Å². The highest BCUT2D eigenvalue weighted by atomic mass is 19.1. The van der Waals surface area contributed by atoms with Gasteiger partial charge in [-0.2, -0.15) is 0 Å². The molecule has 22 heavy (non-hydrogen) atoms. The fourth-order valence-corrected chi connectivity index (χ4v) is 2.11. The number of halogens is 2. The number of benzene rings is 2. The number of carbonyl (C=O) groups excluding carboxylic acids is 1. The quantitative estimate of drug-likeness (QED) is 0.843. The molecule has 3 nitrogen and oxygen atoms in total. The molecule has 0 fully saturated rings. The summed E-state index contributed by atoms with van der Waals surface area (Å²) >= 11 is 0. The molecular formula is C17H17F2NO2. The molecule has 0 aliphatic carbocycles. The molecular weight excluding hydrogens is 288 g/mol. The molecule has 0 radical (unpaired) electrons. The van der Waals surface area contributed by atoms with E-state index in [1.165, 1.54) is 6.07 Å². The number of ether oxygens (including phenoxy) is 1. The number of carbonyl (C=O) groups is 1. The molecule has 2 aromatic carbocycles. The summed E-state index contributed by atoms with van der Waals surface area (Å²) < 4.78 is 31.4. The first-order chi connectivity index (χ1) is 10.5. The van der Waals surface area contributed by atoms with E-state index < -0.39 is 11.6 Å². The van der Waals surface area contributed by atoms with Gasteiger partial charge in [0.15, 0.2) is 18.2 Å². The van der Waals surface area contributed by atoms with Gasteiger partial charge in [0.2, 0.25) is 0 Å². The van der Waals surface area contributed by atoms with Crippen molar-refractivity contribution in [3.05, 3.63) is 59.7 Å². The molecule has 0 unspecified atom stereocenters. The van der Waals surface area contributed by atoms with Crippen LogP contribution in [0.4, 0.5) is 14.5 Å². The third kappa shape index (κ3) is 3.81. The zero-order valence-electron chi connectivity index (χ0n) is 12.5. The van der Waals surface area contributed by atoms with Crippen LogP contribution in [0.5, 0.6) is 5.75 Å². The SMILES string of the molecule is CCN(C(=O)COc1ccc(F)cc1F)c1cccc(C)c1. The number of hydrogen-bond acceptors (Lipinski definition) is 2. The highest BCUT2D eigenvalue weighted by Crippen LogP contribution is 2.19. The maximum absolute atomic E-state index is 13.5. The van der Waals surface area contributed by atoms with Gasteiger partial charge >= 0.3 is 0 Å². The zero-order chi connectivity index (χ0) is 16.1. The van der Waals surface area contributed by atoms with Gasteiger partial charge < -0.3 is 9.64 Å². The lowest BCUT2D eigenvalue weighted by molar-refractivity contribution is -0.120. The summed E-state index contributed by atoms with van der Waals surface area (Å²) in [6, 6.07) is 10.5. The molecule has 0 heterocycles. The van der Waals surface area contributed by atoms with E-state index in [0.717, 1.165) is 23.4 Å². The van der Waals surface area contributed by atoms with E-state index in [2.05, 4.69) is 0 Å². The topological polar surface area (TPSA) is 29.5 Å². The molecule has 0 saturated heterocycles. The minimum atomic E-state index is -0.827. The first-order valence-electron chi connectivity index (χ1n) is 6.96. The molecule has 5 heteroatoms. The number of nitrogens with zero attached hydrogens (tertiary/aromatic N) is 1. The lowest BCUT2D eigenvalue weighted by atomic mass is 10.2. The Balaban J connectivity index is 2.06. The Labute approximate surface area is 128 Å². The number of amides is 1. The van der Waals surface area contributed by atoms with E-state index in [9.17, 15) is 13.6 Å². The normalized spacial score (nSPS) is 10.4. The molecule has 0 aliphatic rings. The summed E-state index contributed by atoms with van der Waals surface area (Å²) in [5.41, 5.74) is 1.80. The highest BCUT2D eigenvalue weighted by Gasteiger charge is 2.15. The van der Waals surface area contributed by atoms with Crippen LogP contribution in [0.25, 0.3) is 0 Å². The van der Waals surface area contributed by atoms with Gasteiger partial charge in [-0.1, -0.05) is 12.1 Å². The van der Waals surface area contributed by atoms with Crippen molar-refractivity contribution in [2.24, 2.45) is 0 Å². The van der Waals surface area contributed by atoms with Gasteiger partial charge in [-0.15, -0.1) is 0 Å². The Kier molecular flexibility index (Phi) is 5.09. The molecule has 0 bridgehead atoms. The first-order valence-corrected chi connectivity index (χ1v) is 6.96. The second kappa shape index (κ2) is 7.02. The van der Waals surface area contributed by atoms with E-state index in [1.54, 1.807) is 4.90 Å². The first kappa shape index (κ1) is 15.9. The summed E-state index contributed by atoms with van der Waals surface area (Å²) in [7, 11) is 0. The number of aryl methyl sites for hydroxylation is 1. The van der Waals surface area contributed by atoms with Crippen LogP contribution in [0, 0.1) is 18.6 Å². The molecule has 0 atom stereocenters. The lowest BCUT2D eigenvalue weighted by Gasteiger charge is -2.21. The molecule has 0 spiro atoms. The van der Waals surface area contributed by atoms with Crippen LogP contribution >= 0.6 is 0 Å². The summed E-state index contributed by atoms with van der Waals surface area (Å²) in [5.74, 6) is -1.95. The highest BCUT2D eigenvalue weighted by molar-refractivity contribution is 5.94. The van der Waals surface area contributed by atoms with Crippen LogP contribution in [-0.4, -0.2) is 19.1 Å². The predicted molar refractivity (Wildman–Crippen MR) is 81.1 cm³/mol. The minimum absolute atomic E-state index is 0.143. The van der Waals surface area contributed by atoms with E-state index >= 15 is 0 Å². The van der Waals surface area contributed by atoms with E-state index in [4.69, 9.17) is 4.74 Å². The third-order valence-electron chi connectivity index (χ3n) is 3.18. The number of anilines is 1. The molecule has 2 aromatic rings. The molecule has 0 aliphatic heterocycles. The standard InChI is InChI=1S/C17H17F2NO2/c1-3-20(14-6-4-5-12(2)9-14)17(21)11-22-16-8-7-13(18)10-15(16)19/h4-10H,3,11H2,1-2H3. The Bertz CT molecular complexity index is 673. The molecule has 0 saturated carbocycles. The van der Waals surface area contributed by atoms with Crippen LogP contribution in [0.15, 0.2) is 42.5 Å². The van der Waals surface area contributed by atoms with Crippen molar-refractivity contribution in [2.45, 2.75) is 13.8 Å². The summed E-state index contributed by atoms with van der Waals surface area (Å²) in [6.45, 7) is 3.94. The van der Waals surface area contributed by atoms with Crippen LogP contribution in [0.3, 0.4) is 0 Å². The van der Waals surface area contributed by atoms with E-state index in [0.29, 0.717) is 6.54 Å². The second-order valence-electron chi connectivity index (χ2n) is 4.84. The van der Waals surface area contributed by atoms with Crippen molar-refractivity contribution < 1.29 is 18.3 Å². The lowest BCUT2D eigenvalue weighted by Crippen LogP contribution is -2.34. The van der Waals surface area contributed by atoms with Gasteiger partial charge in [0.25, 0.3) is 5.91 Å². The largest absolute Gasteiger partial charge is 0.481 e. The fraction of sp³-hybridized carbons (Fsp3) is 0.235. The monoisotopic (exact) mass is 305 g/mol. The molecule has 2 rings (SSSR count). The van der Waals surface area contributed by atoms with Gasteiger partial charge in [-0.3, -0.25) is 4.79 Å². The Morgan fingerprint density at radius 3 is 2.59 bits per heavy atom. The van der Waals surface area contributed by atoms with Crippen LogP contribution in [0.1, 0.15) is 12.5 Å². The summed E-state index contributed by atoms with van der Waals surface area (Å²) in [5, 5.41) is 0. The van der Waals surface area contributed by atoms with Crippen molar-refractivity contribution in [3.63, 3.8) is 0 Å². The summed E-state index contributed by atoms with van der Waals surface area (Å²) in [6.07, 6.45) is 0. The maximum Gasteiger partial charge on any atom is 0.264 e. The minimum Gasteiger partial charge on any atom is -0.481 e. The Morgan fingerprint density at radius 1 is 1.18 bits per heavy atom. The van der Waals surface area contributed by atoms with Gasteiger partial charge in [0, 0.05) is 18.3 Å². The van der Waals surface area contributed by atoms with Crippen molar-refractivity contribution >= 4 is 11.6 Å². The van der Waals surface area contributed by atoms with Crippen molar-refractivity contribution in [1.29, 1.82) is 0 Å². The third-order valence-corrected chi connectivity index (χ3v) is 3.18. The Morgan fingerprint density at radius 2 is 1.95 bits per heavy atom. The zero-order valence-corrected chi connectivity index (χ0v) is 12.5. The van der Waals surface area contributed by atoms with Gasteiger partial charge in [0.1, 0.15) is 5.82 Å². The predicted octanol–water partition coefficient (Wildman–Crippen LogP) is 3.71. The number of rotatable bonds is 5. The van der Waals surface area contributed by atoms with Crippen LogP contribution in [-0.2, 0) is 4.79 Å². The van der Waals surface area contributed by atoms with Crippen molar-refractivity contribution in [3.8, 4) is 5.75 Å². The van der Waals surface area contributed by atoms with Gasteiger partial charge in [-0.25, -0.2) is 8.78 Å². The molecule has 1 amide bonds. The smallest absolute Gasteiger partial charge is 0.264 e. The van der Waals surface area contributed by atoms with E-state index in [-0.39, 0.29) is 18.3 Å². The van der Waals surface area contributed by atoms with Gasteiger partial charge in [0.05, 0.1) is 0 Å². The molecule has 0 aromatic heterocycles. The average molecular weight is 305 g/mol. The average Bonchev–Trinajstić information content (AvgIpc) is 2.47. The van der Waals surface area contributed by atoms with Crippen LogP contribution < -0.4 is 9.64 Å². The van der Waals surface area contributed by atoms with Crippen LogP contribution in [0.2, 0.25) is 0 Å². The van der Waals surface area contributed by atoms with Gasteiger partial charge in [-0.05, 0) is 43.7 Å². The molecule has 0 N–H and O–H groups in total. The molecule has 116 valence electrons.